The molecule has 158 valence electrons. The van der Waals surface area contributed by atoms with Crippen LogP contribution in [0.4, 0.5) is 0 Å². The molecule has 0 spiro atoms. The van der Waals surface area contributed by atoms with Crippen LogP contribution in [-0.4, -0.2) is 74.6 Å². The molecule has 8 nitrogen and oxygen atoms in total. The summed E-state index contributed by atoms with van der Waals surface area (Å²) in [7, 11) is 4.36. The van der Waals surface area contributed by atoms with Gasteiger partial charge in [0.2, 0.25) is 0 Å². The van der Waals surface area contributed by atoms with Crippen LogP contribution in [0.15, 0.2) is 48.5 Å². The number of carbonyl (C=O) groups is 3. The van der Waals surface area contributed by atoms with Crippen molar-refractivity contribution in [3.8, 4) is 11.5 Å². The second-order valence-electron chi connectivity index (χ2n) is 6.75. The molecule has 0 bridgehead atoms. The minimum absolute atomic E-state index is 0.0550. The molecule has 2 amide bonds. The van der Waals surface area contributed by atoms with Gasteiger partial charge in [0.25, 0.3) is 11.8 Å². The van der Waals surface area contributed by atoms with Gasteiger partial charge in [0.1, 0.15) is 17.5 Å². The molecule has 0 unspecified atom stereocenters. The van der Waals surface area contributed by atoms with Crippen LogP contribution in [-0.2, 0) is 9.53 Å². The number of amides is 2. The molecule has 2 aromatic rings. The second-order valence-corrected chi connectivity index (χ2v) is 6.75. The van der Waals surface area contributed by atoms with E-state index in [2.05, 4.69) is 0 Å². The first-order valence-corrected chi connectivity index (χ1v) is 9.44. The summed E-state index contributed by atoms with van der Waals surface area (Å²) in [4.78, 5) is 41.3. The summed E-state index contributed by atoms with van der Waals surface area (Å²) in [5.74, 6) is 0.191. The summed E-state index contributed by atoms with van der Waals surface area (Å²) in [6.45, 7) is 0.576. The molecule has 1 saturated heterocycles. The normalized spacial score (nSPS) is 16.0. The maximum atomic E-state index is 13.0. The summed E-state index contributed by atoms with van der Waals surface area (Å²) in [5.41, 5.74) is 0.911. The van der Waals surface area contributed by atoms with Gasteiger partial charge < -0.3 is 24.0 Å². The van der Waals surface area contributed by atoms with Crippen LogP contribution >= 0.6 is 0 Å². The SMILES string of the molecule is COC(=O)[C@H]1CN(C(=O)c2ccc(OC)cc2)CCN1C(=O)c1ccc(OC)cc1. The van der Waals surface area contributed by atoms with E-state index < -0.39 is 12.0 Å². The zero-order chi connectivity index (χ0) is 21.7. The average Bonchev–Trinajstić information content (AvgIpc) is 2.82. The Morgan fingerprint density at radius 3 is 1.73 bits per heavy atom. The van der Waals surface area contributed by atoms with Crippen molar-refractivity contribution in [1.29, 1.82) is 0 Å². The lowest BCUT2D eigenvalue weighted by Gasteiger charge is -2.40. The number of benzene rings is 2. The van der Waals surface area contributed by atoms with Crippen molar-refractivity contribution in [3.05, 3.63) is 59.7 Å². The molecule has 1 aliphatic heterocycles. The molecule has 1 aliphatic rings. The second kappa shape index (κ2) is 9.30. The van der Waals surface area contributed by atoms with Crippen molar-refractivity contribution >= 4 is 17.8 Å². The fraction of sp³-hybridized carbons (Fsp3) is 0.318. The Balaban J connectivity index is 1.78. The number of esters is 1. The molecule has 0 aromatic heterocycles. The first kappa shape index (κ1) is 21.2. The first-order valence-electron chi connectivity index (χ1n) is 9.44. The van der Waals surface area contributed by atoms with Gasteiger partial charge in [-0.15, -0.1) is 0 Å². The zero-order valence-electron chi connectivity index (χ0n) is 17.2. The van der Waals surface area contributed by atoms with Gasteiger partial charge in [0.15, 0.2) is 0 Å². The van der Waals surface area contributed by atoms with Crippen LogP contribution in [0.3, 0.4) is 0 Å². The Morgan fingerprint density at radius 1 is 0.767 bits per heavy atom. The van der Waals surface area contributed by atoms with Gasteiger partial charge in [-0.2, -0.15) is 0 Å². The van der Waals surface area contributed by atoms with E-state index in [1.54, 1.807) is 67.7 Å². The third-order valence-electron chi connectivity index (χ3n) is 5.08. The van der Waals surface area contributed by atoms with E-state index in [0.717, 1.165) is 0 Å². The molecular weight excluding hydrogens is 388 g/mol. The van der Waals surface area contributed by atoms with Gasteiger partial charge in [0.05, 0.1) is 27.9 Å². The van der Waals surface area contributed by atoms with Crippen LogP contribution < -0.4 is 9.47 Å². The maximum absolute atomic E-state index is 13.0. The average molecular weight is 412 g/mol. The predicted octanol–water partition coefficient (Wildman–Crippen LogP) is 1.84. The lowest BCUT2D eigenvalue weighted by Crippen LogP contribution is -2.59. The summed E-state index contributed by atoms with van der Waals surface area (Å²) in [5, 5.41) is 0. The fourth-order valence-corrected chi connectivity index (χ4v) is 3.36. The maximum Gasteiger partial charge on any atom is 0.330 e. The Hall–Kier alpha value is -3.55. The highest BCUT2D eigenvalue weighted by molar-refractivity contribution is 5.98. The quantitative estimate of drug-likeness (QED) is 0.697. The first-order chi connectivity index (χ1) is 14.5. The lowest BCUT2D eigenvalue weighted by atomic mass is 10.1. The van der Waals surface area contributed by atoms with E-state index >= 15 is 0 Å². The third kappa shape index (κ3) is 4.37. The van der Waals surface area contributed by atoms with E-state index in [0.29, 0.717) is 29.2 Å². The van der Waals surface area contributed by atoms with Crippen molar-refractivity contribution < 1.29 is 28.6 Å². The molecule has 1 atom stereocenters. The largest absolute Gasteiger partial charge is 0.497 e. The Bertz CT molecular complexity index is 910. The number of rotatable bonds is 5. The van der Waals surface area contributed by atoms with Gasteiger partial charge in [-0.05, 0) is 48.5 Å². The number of hydrogen-bond acceptors (Lipinski definition) is 6. The highest BCUT2D eigenvalue weighted by Crippen LogP contribution is 2.20. The van der Waals surface area contributed by atoms with Crippen LogP contribution in [0, 0.1) is 0 Å². The van der Waals surface area contributed by atoms with Gasteiger partial charge in [-0.1, -0.05) is 0 Å². The lowest BCUT2D eigenvalue weighted by molar-refractivity contribution is -0.147. The minimum atomic E-state index is -0.888. The van der Waals surface area contributed by atoms with Crippen LogP contribution in [0.2, 0.25) is 0 Å². The van der Waals surface area contributed by atoms with Gasteiger partial charge in [0, 0.05) is 24.2 Å². The molecule has 1 fully saturated rings. The molecule has 2 aromatic carbocycles. The van der Waals surface area contributed by atoms with Crippen molar-refractivity contribution in [1.82, 2.24) is 9.80 Å². The zero-order valence-corrected chi connectivity index (χ0v) is 17.2. The number of methoxy groups -OCH3 is 3. The summed E-state index contributed by atoms with van der Waals surface area (Å²) < 4.78 is 15.1. The number of hydrogen-bond donors (Lipinski definition) is 0. The van der Waals surface area contributed by atoms with Crippen molar-refractivity contribution in [2.24, 2.45) is 0 Å². The van der Waals surface area contributed by atoms with Gasteiger partial charge >= 0.3 is 5.97 Å². The molecule has 3 rings (SSSR count). The van der Waals surface area contributed by atoms with Gasteiger partial charge in [-0.3, -0.25) is 9.59 Å². The van der Waals surface area contributed by atoms with Gasteiger partial charge in [-0.25, -0.2) is 4.79 Å². The monoisotopic (exact) mass is 412 g/mol. The number of carbonyl (C=O) groups excluding carboxylic acids is 3. The number of ether oxygens (including phenoxy) is 3. The summed E-state index contributed by atoms with van der Waals surface area (Å²) in [6, 6.07) is 12.5. The molecule has 1 heterocycles. The van der Waals surface area contributed by atoms with E-state index in [-0.39, 0.29) is 24.9 Å². The predicted molar refractivity (Wildman–Crippen MR) is 109 cm³/mol. The van der Waals surface area contributed by atoms with E-state index in [4.69, 9.17) is 14.2 Å². The van der Waals surface area contributed by atoms with E-state index in [1.165, 1.54) is 12.0 Å². The molecule has 0 radical (unpaired) electrons. The molecule has 0 N–H and O–H groups in total. The topological polar surface area (TPSA) is 85.4 Å². The third-order valence-corrected chi connectivity index (χ3v) is 5.08. The molecule has 8 heteroatoms. The highest BCUT2D eigenvalue weighted by atomic mass is 16.5. The fourth-order valence-electron chi connectivity index (χ4n) is 3.36. The number of nitrogens with zero attached hydrogens (tertiary/aromatic N) is 2. The van der Waals surface area contributed by atoms with Crippen molar-refractivity contribution in [2.45, 2.75) is 6.04 Å². The molecule has 30 heavy (non-hydrogen) atoms. The Labute approximate surface area is 174 Å². The Kier molecular flexibility index (Phi) is 6.56. The van der Waals surface area contributed by atoms with Crippen molar-refractivity contribution in [3.63, 3.8) is 0 Å². The Morgan fingerprint density at radius 2 is 1.27 bits per heavy atom. The highest BCUT2D eigenvalue weighted by Gasteiger charge is 2.38. The van der Waals surface area contributed by atoms with Crippen LogP contribution in [0.25, 0.3) is 0 Å². The smallest absolute Gasteiger partial charge is 0.330 e. The summed E-state index contributed by atoms with van der Waals surface area (Å²) in [6.07, 6.45) is 0. The standard InChI is InChI=1S/C22H24N2O6/c1-28-17-8-4-15(5-9-17)20(25)23-12-13-24(19(14-23)22(27)30-3)21(26)16-6-10-18(29-2)11-7-16/h4-11,19H,12-14H2,1-3H3/t19-/m1/s1. The number of piperazine rings is 1. The summed E-state index contributed by atoms with van der Waals surface area (Å²) >= 11 is 0. The molecule has 0 aliphatic carbocycles. The van der Waals surface area contributed by atoms with Crippen LogP contribution in [0.5, 0.6) is 11.5 Å². The van der Waals surface area contributed by atoms with Crippen molar-refractivity contribution in [2.75, 3.05) is 41.0 Å². The molecule has 0 saturated carbocycles. The van der Waals surface area contributed by atoms with E-state index in [9.17, 15) is 14.4 Å². The van der Waals surface area contributed by atoms with E-state index in [1.807, 2.05) is 0 Å². The minimum Gasteiger partial charge on any atom is -0.497 e. The molecular formula is C22H24N2O6. The van der Waals surface area contributed by atoms with Crippen LogP contribution in [0.1, 0.15) is 20.7 Å².